The van der Waals surface area contributed by atoms with Gasteiger partial charge >= 0.3 is 0 Å². The third kappa shape index (κ3) is 5.77. The number of piperidine rings is 2. The molecule has 5 nitrogen and oxygen atoms in total. The summed E-state index contributed by atoms with van der Waals surface area (Å²) < 4.78 is 5.11. The van der Waals surface area contributed by atoms with Gasteiger partial charge in [0, 0.05) is 39.8 Å². The molecule has 0 saturated carbocycles. The van der Waals surface area contributed by atoms with Crippen LogP contribution < -0.4 is 0 Å². The van der Waals surface area contributed by atoms with Crippen molar-refractivity contribution in [3.8, 4) is 0 Å². The topological polar surface area (TPSA) is 36.0 Å². The molecule has 0 aromatic heterocycles. The zero-order valence-electron chi connectivity index (χ0n) is 17.0. The van der Waals surface area contributed by atoms with Gasteiger partial charge in [-0.2, -0.15) is 0 Å². The first-order valence-electron chi connectivity index (χ1n) is 10.4. The maximum absolute atomic E-state index is 12.7. The molecule has 1 amide bonds. The Labute approximate surface area is 164 Å². The summed E-state index contributed by atoms with van der Waals surface area (Å²) in [6, 6.07) is 11.4. The fourth-order valence-electron chi connectivity index (χ4n) is 4.47. The van der Waals surface area contributed by atoms with Crippen LogP contribution >= 0.6 is 0 Å². The predicted molar refractivity (Wildman–Crippen MR) is 109 cm³/mol. The number of rotatable bonds is 7. The predicted octanol–water partition coefficient (Wildman–Crippen LogP) is 2.47. The van der Waals surface area contributed by atoms with Gasteiger partial charge in [0.05, 0.1) is 12.5 Å². The van der Waals surface area contributed by atoms with Gasteiger partial charge in [-0.3, -0.25) is 14.6 Å². The number of likely N-dealkylation sites (N-methyl/N-ethyl adjacent to an activating group) is 1. The van der Waals surface area contributed by atoms with E-state index in [4.69, 9.17) is 4.74 Å². The quantitative estimate of drug-likeness (QED) is 0.736. The molecule has 27 heavy (non-hydrogen) atoms. The Kier molecular flexibility index (Phi) is 7.68. The maximum Gasteiger partial charge on any atom is 0.226 e. The van der Waals surface area contributed by atoms with E-state index < -0.39 is 0 Å². The van der Waals surface area contributed by atoms with Crippen molar-refractivity contribution in [1.82, 2.24) is 14.7 Å². The van der Waals surface area contributed by atoms with E-state index in [0.29, 0.717) is 25.1 Å². The minimum absolute atomic E-state index is 0.156. The van der Waals surface area contributed by atoms with Gasteiger partial charge < -0.3 is 9.64 Å². The van der Waals surface area contributed by atoms with E-state index in [0.717, 1.165) is 45.6 Å². The summed E-state index contributed by atoms with van der Waals surface area (Å²) in [5.74, 6) is 0.446. The number of amides is 1. The Bertz CT molecular complexity index is 572. The van der Waals surface area contributed by atoms with E-state index in [1.165, 1.54) is 18.4 Å². The highest BCUT2D eigenvalue weighted by Gasteiger charge is 2.32. The number of carbonyl (C=O) groups is 1. The minimum Gasteiger partial charge on any atom is -0.383 e. The fraction of sp³-hybridized carbons (Fsp3) is 0.682. The summed E-state index contributed by atoms with van der Waals surface area (Å²) in [6.45, 7) is 6.74. The van der Waals surface area contributed by atoms with E-state index in [2.05, 4.69) is 40.1 Å². The number of methoxy groups -OCH3 is 1. The molecule has 0 radical (unpaired) electrons. The van der Waals surface area contributed by atoms with Crippen LogP contribution in [0.15, 0.2) is 30.3 Å². The molecule has 3 rings (SSSR count). The Morgan fingerprint density at radius 1 is 1.15 bits per heavy atom. The molecule has 5 heteroatoms. The monoisotopic (exact) mass is 373 g/mol. The molecular weight excluding hydrogens is 338 g/mol. The van der Waals surface area contributed by atoms with E-state index in [1.807, 2.05) is 11.9 Å². The molecule has 0 aliphatic carbocycles. The molecule has 1 aromatic carbocycles. The van der Waals surface area contributed by atoms with Gasteiger partial charge in [0.1, 0.15) is 0 Å². The normalized spacial score (nSPS) is 22.7. The molecule has 0 spiro atoms. The van der Waals surface area contributed by atoms with Gasteiger partial charge in [0.25, 0.3) is 0 Å². The first-order chi connectivity index (χ1) is 13.2. The van der Waals surface area contributed by atoms with Gasteiger partial charge in [-0.25, -0.2) is 0 Å². The summed E-state index contributed by atoms with van der Waals surface area (Å²) >= 11 is 0. The standard InChI is InChI=1S/C22H35N3O2/c1-23(15-16-27-2)22(26)20-9-6-12-25(18-20)21-10-13-24(14-11-21)17-19-7-4-3-5-8-19/h3-5,7-8,20-21H,6,9-18H2,1-2H3. The molecule has 1 aromatic rings. The summed E-state index contributed by atoms with van der Waals surface area (Å²) in [7, 11) is 3.59. The highest BCUT2D eigenvalue weighted by atomic mass is 16.5. The Balaban J connectivity index is 1.46. The first kappa shape index (κ1) is 20.3. The van der Waals surface area contributed by atoms with Crippen molar-refractivity contribution < 1.29 is 9.53 Å². The van der Waals surface area contributed by atoms with Crippen LogP contribution in [0.25, 0.3) is 0 Å². The molecule has 2 aliphatic heterocycles. The van der Waals surface area contributed by atoms with E-state index in [1.54, 1.807) is 7.11 Å². The Morgan fingerprint density at radius 2 is 1.89 bits per heavy atom. The van der Waals surface area contributed by atoms with E-state index >= 15 is 0 Å². The Morgan fingerprint density at radius 3 is 2.59 bits per heavy atom. The number of hydrogen-bond donors (Lipinski definition) is 0. The lowest BCUT2D eigenvalue weighted by Gasteiger charge is -2.42. The lowest BCUT2D eigenvalue weighted by atomic mass is 9.93. The van der Waals surface area contributed by atoms with Crippen LogP contribution in [-0.4, -0.2) is 80.1 Å². The highest BCUT2D eigenvalue weighted by molar-refractivity contribution is 5.78. The summed E-state index contributed by atoms with van der Waals surface area (Å²) in [5, 5.41) is 0. The van der Waals surface area contributed by atoms with Crippen molar-refractivity contribution >= 4 is 5.91 Å². The average molecular weight is 374 g/mol. The van der Waals surface area contributed by atoms with Crippen molar-refractivity contribution in [2.75, 3.05) is 53.5 Å². The second-order valence-electron chi connectivity index (χ2n) is 8.08. The van der Waals surface area contributed by atoms with Crippen LogP contribution in [0.1, 0.15) is 31.2 Å². The SMILES string of the molecule is COCCN(C)C(=O)C1CCCN(C2CCN(Cc3ccccc3)CC2)C1. The maximum atomic E-state index is 12.7. The number of likely N-dealkylation sites (tertiary alicyclic amines) is 2. The second kappa shape index (κ2) is 10.2. The van der Waals surface area contributed by atoms with Crippen LogP contribution in [0.4, 0.5) is 0 Å². The van der Waals surface area contributed by atoms with Crippen molar-refractivity contribution in [2.45, 2.75) is 38.3 Å². The number of hydrogen-bond acceptors (Lipinski definition) is 4. The third-order valence-corrected chi connectivity index (χ3v) is 6.13. The van der Waals surface area contributed by atoms with Gasteiger partial charge in [0.15, 0.2) is 0 Å². The molecule has 1 atom stereocenters. The first-order valence-corrected chi connectivity index (χ1v) is 10.4. The van der Waals surface area contributed by atoms with Crippen molar-refractivity contribution in [3.63, 3.8) is 0 Å². The molecule has 2 saturated heterocycles. The molecule has 0 bridgehead atoms. The molecule has 2 fully saturated rings. The minimum atomic E-state index is 0.156. The van der Waals surface area contributed by atoms with Crippen LogP contribution in [-0.2, 0) is 16.1 Å². The van der Waals surface area contributed by atoms with Crippen molar-refractivity contribution in [2.24, 2.45) is 5.92 Å². The second-order valence-corrected chi connectivity index (χ2v) is 8.08. The number of benzene rings is 1. The fourth-order valence-corrected chi connectivity index (χ4v) is 4.47. The lowest BCUT2D eigenvalue weighted by Crippen LogP contribution is -2.51. The van der Waals surface area contributed by atoms with Crippen LogP contribution in [0.3, 0.4) is 0 Å². The Hall–Kier alpha value is -1.43. The number of carbonyl (C=O) groups excluding carboxylic acids is 1. The zero-order valence-corrected chi connectivity index (χ0v) is 17.0. The van der Waals surface area contributed by atoms with E-state index in [9.17, 15) is 4.79 Å². The smallest absolute Gasteiger partial charge is 0.226 e. The van der Waals surface area contributed by atoms with Crippen LogP contribution in [0.5, 0.6) is 0 Å². The average Bonchev–Trinajstić information content (AvgIpc) is 2.73. The van der Waals surface area contributed by atoms with Crippen LogP contribution in [0.2, 0.25) is 0 Å². The molecule has 2 heterocycles. The molecule has 1 unspecified atom stereocenters. The highest BCUT2D eigenvalue weighted by Crippen LogP contribution is 2.25. The zero-order chi connectivity index (χ0) is 19.1. The van der Waals surface area contributed by atoms with Crippen molar-refractivity contribution in [3.05, 3.63) is 35.9 Å². The van der Waals surface area contributed by atoms with Gasteiger partial charge in [-0.05, 0) is 50.9 Å². The summed E-state index contributed by atoms with van der Waals surface area (Å²) in [4.78, 5) is 19.7. The van der Waals surface area contributed by atoms with Gasteiger partial charge in [-0.1, -0.05) is 30.3 Å². The molecule has 150 valence electrons. The van der Waals surface area contributed by atoms with Crippen molar-refractivity contribution in [1.29, 1.82) is 0 Å². The van der Waals surface area contributed by atoms with Gasteiger partial charge in [0.2, 0.25) is 5.91 Å². The summed E-state index contributed by atoms with van der Waals surface area (Å²) in [5.41, 5.74) is 1.40. The van der Waals surface area contributed by atoms with E-state index in [-0.39, 0.29) is 5.92 Å². The third-order valence-electron chi connectivity index (χ3n) is 6.13. The number of ether oxygens (including phenoxy) is 1. The molecule has 2 aliphatic rings. The molecule has 0 N–H and O–H groups in total. The van der Waals surface area contributed by atoms with Crippen LogP contribution in [0, 0.1) is 5.92 Å². The largest absolute Gasteiger partial charge is 0.383 e. The number of nitrogens with zero attached hydrogens (tertiary/aromatic N) is 3. The lowest BCUT2D eigenvalue weighted by molar-refractivity contribution is -0.137. The molecular formula is C22H35N3O2. The van der Waals surface area contributed by atoms with Gasteiger partial charge in [-0.15, -0.1) is 0 Å². The summed E-state index contributed by atoms with van der Waals surface area (Å²) in [6.07, 6.45) is 4.60.